The Hall–Kier alpha value is -1.90. The summed E-state index contributed by atoms with van der Waals surface area (Å²) in [6.45, 7) is 2.00. The van der Waals surface area contributed by atoms with Crippen LogP contribution in [0.4, 0.5) is 0 Å². The van der Waals surface area contributed by atoms with Crippen LogP contribution < -0.4 is 5.43 Å². The summed E-state index contributed by atoms with van der Waals surface area (Å²) in [6.07, 6.45) is 6.53. The van der Waals surface area contributed by atoms with Gasteiger partial charge in [0.2, 0.25) is 0 Å². The van der Waals surface area contributed by atoms with E-state index in [1.807, 2.05) is 31.2 Å². The van der Waals surface area contributed by atoms with E-state index < -0.39 is 0 Å². The summed E-state index contributed by atoms with van der Waals surface area (Å²) in [4.78, 5) is 11.9. The normalized spacial score (nSPS) is 26.8. The van der Waals surface area contributed by atoms with Gasteiger partial charge in [-0.15, -0.1) is 0 Å². The number of allylic oxidation sites excluding steroid dienone is 2. The molecule has 2 aliphatic rings. The third kappa shape index (κ3) is 1.96. The Bertz CT molecular complexity index is 528. The second-order valence-corrected chi connectivity index (χ2v) is 5.05. The lowest BCUT2D eigenvalue weighted by atomic mass is 9.74. The second-order valence-electron chi connectivity index (χ2n) is 5.05. The highest BCUT2D eigenvalue weighted by Gasteiger charge is 2.37. The maximum absolute atomic E-state index is 11.9. The first-order valence-corrected chi connectivity index (χ1v) is 6.34. The number of benzene rings is 1. The molecular weight excluding hydrogens is 224 g/mol. The average Bonchev–Trinajstić information content (AvgIpc) is 2.72. The summed E-state index contributed by atoms with van der Waals surface area (Å²) >= 11 is 0. The highest BCUT2D eigenvalue weighted by molar-refractivity contribution is 5.98. The van der Waals surface area contributed by atoms with Crippen molar-refractivity contribution in [3.05, 3.63) is 47.5 Å². The molecule has 1 amide bonds. The summed E-state index contributed by atoms with van der Waals surface area (Å²) < 4.78 is 0. The molecule has 0 unspecified atom stereocenters. The van der Waals surface area contributed by atoms with E-state index in [1.165, 1.54) is 0 Å². The molecule has 3 nitrogen and oxygen atoms in total. The third-order valence-electron chi connectivity index (χ3n) is 3.78. The Labute approximate surface area is 107 Å². The van der Waals surface area contributed by atoms with Gasteiger partial charge in [-0.25, -0.2) is 5.43 Å². The van der Waals surface area contributed by atoms with Gasteiger partial charge in [-0.3, -0.25) is 4.79 Å². The minimum Gasteiger partial charge on any atom is -0.267 e. The van der Waals surface area contributed by atoms with Gasteiger partial charge in [-0.2, -0.15) is 5.10 Å². The zero-order valence-corrected chi connectivity index (χ0v) is 10.4. The fraction of sp³-hybridized carbons (Fsp3) is 0.333. The molecule has 2 aliphatic carbocycles. The van der Waals surface area contributed by atoms with Crippen molar-refractivity contribution < 1.29 is 4.79 Å². The van der Waals surface area contributed by atoms with Crippen molar-refractivity contribution in [3.8, 4) is 0 Å². The Morgan fingerprint density at radius 2 is 2.11 bits per heavy atom. The molecule has 18 heavy (non-hydrogen) atoms. The van der Waals surface area contributed by atoms with E-state index in [0.29, 0.717) is 17.4 Å². The van der Waals surface area contributed by atoms with Gasteiger partial charge in [0.15, 0.2) is 0 Å². The highest BCUT2D eigenvalue weighted by atomic mass is 16.2. The molecule has 1 N–H and O–H groups in total. The molecule has 0 saturated heterocycles. The van der Waals surface area contributed by atoms with E-state index in [-0.39, 0.29) is 5.91 Å². The molecule has 92 valence electrons. The first-order valence-electron chi connectivity index (χ1n) is 6.34. The molecule has 1 aromatic rings. The van der Waals surface area contributed by atoms with Crippen LogP contribution in [0.5, 0.6) is 0 Å². The quantitative estimate of drug-likeness (QED) is 0.626. The molecule has 0 spiro atoms. The lowest BCUT2D eigenvalue weighted by Gasteiger charge is -2.31. The molecule has 1 saturated carbocycles. The van der Waals surface area contributed by atoms with Gasteiger partial charge in [0.1, 0.15) is 0 Å². The maximum Gasteiger partial charge on any atom is 0.271 e. The topological polar surface area (TPSA) is 41.5 Å². The van der Waals surface area contributed by atoms with E-state index in [2.05, 4.69) is 22.7 Å². The minimum absolute atomic E-state index is 0.128. The molecular formula is C15H16N2O. The summed E-state index contributed by atoms with van der Waals surface area (Å²) in [6, 6.07) is 7.52. The molecule has 1 aromatic carbocycles. The van der Waals surface area contributed by atoms with Crippen molar-refractivity contribution in [2.45, 2.75) is 19.8 Å². The molecule has 0 aromatic heterocycles. The van der Waals surface area contributed by atoms with Gasteiger partial charge in [0, 0.05) is 17.2 Å². The van der Waals surface area contributed by atoms with Crippen LogP contribution in [0.25, 0.3) is 0 Å². The number of hydrogen-bond donors (Lipinski definition) is 1. The van der Waals surface area contributed by atoms with Crippen LogP contribution in [0.3, 0.4) is 0 Å². The van der Waals surface area contributed by atoms with Gasteiger partial charge in [-0.1, -0.05) is 29.8 Å². The van der Waals surface area contributed by atoms with Crippen LogP contribution in [0.2, 0.25) is 0 Å². The van der Waals surface area contributed by atoms with Crippen molar-refractivity contribution in [2.75, 3.05) is 0 Å². The maximum atomic E-state index is 11.9. The molecule has 3 heteroatoms. The highest BCUT2D eigenvalue weighted by Crippen LogP contribution is 2.40. The number of carbonyl (C=O) groups excluding carboxylic acids is 1. The smallest absolute Gasteiger partial charge is 0.267 e. The van der Waals surface area contributed by atoms with Crippen LogP contribution >= 0.6 is 0 Å². The van der Waals surface area contributed by atoms with Crippen molar-refractivity contribution in [1.29, 1.82) is 0 Å². The second kappa shape index (κ2) is 4.41. The van der Waals surface area contributed by atoms with Gasteiger partial charge in [0.25, 0.3) is 5.91 Å². The molecule has 1 fully saturated rings. The first kappa shape index (κ1) is 11.2. The lowest BCUT2D eigenvalue weighted by molar-refractivity contribution is 0.0954. The van der Waals surface area contributed by atoms with Crippen LogP contribution in [0, 0.1) is 18.8 Å². The minimum atomic E-state index is -0.128. The van der Waals surface area contributed by atoms with Gasteiger partial charge in [-0.05, 0) is 37.8 Å². The Balaban J connectivity index is 1.62. The number of hydrazone groups is 1. The summed E-state index contributed by atoms with van der Waals surface area (Å²) in [5.41, 5.74) is 5.59. The van der Waals surface area contributed by atoms with Gasteiger partial charge < -0.3 is 0 Å². The van der Waals surface area contributed by atoms with E-state index in [0.717, 1.165) is 24.1 Å². The number of fused-ring (bicyclic) bond motifs is 1. The molecule has 0 radical (unpaired) electrons. The predicted octanol–water partition coefficient (Wildman–Crippen LogP) is 2.68. The summed E-state index contributed by atoms with van der Waals surface area (Å²) in [5, 5.41) is 4.25. The van der Waals surface area contributed by atoms with Gasteiger partial charge in [0.05, 0.1) is 0 Å². The van der Waals surface area contributed by atoms with Crippen LogP contribution in [-0.2, 0) is 0 Å². The third-order valence-corrected chi connectivity index (χ3v) is 3.78. The van der Waals surface area contributed by atoms with E-state index in [9.17, 15) is 4.79 Å². The number of hydrogen-bond acceptors (Lipinski definition) is 2. The summed E-state index contributed by atoms with van der Waals surface area (Å²) in [7, 11) is 0. The zero-order valence-electron chi connectivity index (χ0n) is 10.4. The molecule has 0 bridgehead atoms. The van der Waals surface area contributed by atoms with Crippen LogP contribution in [0.15, 0.2) is 41.5 Å². The first-order chi connectivity index (χ1) is 8.74. The van der Waals surface area contributed by atoms with Crippen molar-refractivity contribution in [2.24, 2.45) is 16.9 Å². The molecule has 0 heterocycles. The fourth-order valence-electron chi connectivity index (χ4n) is 2.56. The van der Waals surface area contributed by atoms with E-state index >= 15 is 0 Å². The molecule has 3 rings (SSSR count). The largest absolute Gasteiger partial charge is 0.271 e. The number of nitrogens with zero attached hydrogens (tertiary/aromatic N) is 1. The Morgan fingerprint density at radius 1 is 1.33 bits per heavy atom. The number of carbonyl (C=O) groups is 1. The number of amides is 1. The Kier molecular flexibility index (Phi) is 2.74. The van der Waals surface area contributed by atoms with Crippen LogP contribution in [0.1, 0.15) is 28.8 Å². The van der Waals surface area contributed by atoms with E-state index in [4.69, 9.17) is 0 Å². The Morgan fingerprint density at radius 3 is 2.83 bits per heavy atom. The number of aryl methyl sites for hydroxylation is 1. The van der Waals surface area contributed by atoms with Crippen molar-refractivity contribution >= 4 is 11.6 Å². The monoisotopic (exact) mass is 240 g/mol. The van der Waals surface area contributed by atoms with Crippen molar-refractivity contribution in [1.82, 2.24) is 5.43 Å². The number of rotatable bonds is 2. The van der Waals surface area contributed by atoms with E-state index in [1.54, 1.807) is 0 Å². The zero-order chi connectivity index (χ0) is 12.5. The molecule has 2 atom stereocenters. The van der Waals surface area contributed by atoms with Crippen molar-refractivity contribution in [3.63, 3.8) is 0 Å². The number of nitrogens with one attached hydrogen (secondary N) is 1. The standard InChI is InChI=1S/C15H16N2O/c1-10-5-7-11(8-6-10)15(18)17-16-14-9-12-3-2-4-13(12)14/h2-3,5-8,12-13H,4,9H2,1H3,(H,17,18)/b16-14-/t12-,13-/m1/s1. The lowest BCUT2D eigenvalue weighted by Crippen LogP contribution is -2.35. The summed E-state index contributed by atoms with van der Waals surface area (Å²) in [5.74, 6) is 1.08. The predicted molar refractivity (Wildman–Crippen MR) is 71.4 cm³/mol. The SMILES string of the molecule is Cc1ccc(C(=O)N/N=C2/C[C@H]3C=CC[C@@H]23)cc1. The van der Waals surface area contributed by atoms with Crippen LogP contribution in [-0.4, -0.2) is 11.6 Å². The average molecular weight is 240 g/mol. The fourth-order valence-corrected chi connectivity index (χ4v) is 2.56. The molecule has 0 aliphatic heterocycles. The van der Waals surface area contributed by atoms with Gasteiger partial charge >= 0.3 is 0 Å².